The fourth-order valence-electron chi connectivity index (χ4n) is 3.31. The van der Waals surface area contributed by atoms with E-state index in [0.29, 0.717) is 12.2 Å². The second kappa shape index (κ2) is 12.1. The number of phenols is 1. The van der Waals surface area contributed by atoms with Crippen molar-refractivity contribution in [3.63, 3.8) is 0 Å². The monoisotopic (exact) mass is 397 g/mol. The molecular formula is C20H31NO7. The van der Waals surface area contributed by atoms with Crippen molar-refractivity contribution in [3.8, 4) is 5.75 Å². The van der Waals surface area contributed by atoms with Gasteiger partial charge in [0, 0.05) is 24.6 Å². The summed E-state index contributed by atoms with van der Waals surface area (Å²) in [6.45, 7) is 0.835. The van der Waals surface area contributed by atoms with Crippen LogP contribution in [0.25, 0.3) is 0 Å². The van der Waals surface area contributed by atoms with E-state index in [-0.39, 0.29) is 17.1 Å². The molecule has 1 saturated carbocycles. The minimum Gasteiger partial charge on any atom is -0.508 e. The maximum atomic E-state index is 11.0. The summed E-state index contributed by atoms with van der Waals surface area (Å²) >= 11 is 0. The van der Waals surface area contributed by atoms with E-state index >= 15 is 0 Å². The number of phenolic OH excluding ortho intramolecular Hbond substituents is 1. The number of carboxylic acids is 2. The summed E-state index contributed by atoms with van der Waals surface area (Å²) in [7, 11) is 4.08. The van der Waals surface area contributed by atoms with E-state index in [9.17, 15) is 19.8 Å². The molecular weight excluding hydrogens is 366 g/mol. The van der Waals surface area contributed by atoms with Gasteiger partial charge in [-0.3, -0.25) is 0 Å². The first kappa shape index (κ1) is 25.6. The van der Waals surface area contributed by atoms with Gasteiger partial charge in [-0.1, -0.05) is 31.4 Å². The van der Waals surface area contributed by atoms with Crippen LogP contribution in [0.5, 0.6) is 5.75 Å². The summed E-state index contributed by atoms with van der Waals surface area (Å²) in [5, 5.41) is 36.1. The van der Waals surface area contributed by atoms with Crippen molar-refractivity contribution in [2.75, 3.05) is 20.6 Å². The van der Waals surface area contributed by atoms with Crippen molar-refractivity contribution in [2.45, 2.75) is 43.6 Å². The molecule has 0 radical (unpaired) electrons. The Kier molecular flexibility index (Phi) is 11.1. The van der Waals surface area contributed by atoms with Crippen LogP contribution in [0.2, 0.25) is 0 Å². The average Bonchev–Trinajstić information content (AvgIpc) is 2.60. The van der Waals surface area contributed by atoms with Crippen LogP contribution in [0.3, 0.4) is 0 Å². The number of hydrogen-bond acceptors (Lipinski definition) is 5. The minimum atomic E-state index is -1.26. The Bertz CT molecular complexity index is 618. The quantitative estimate of drug-likeness (QED) is 0.533. The molecule has 0 saturated heterocycles. The van der Waals surface area contributed by atoms with Crippen LogP contribution >= 0.6 is 0 Å². The Morgan fingerprint density at radius 3 is 1.89 bits per heavy atom. The van der Waals surface area contributed by atoms with E-state index in [1.54, 1.807) is 12.1 Å². The van der Waals surface area contributed by atoms with Crippen LogP contribution in [0, 0.1) is 0 Å². The molecule has 0 aliphatic heterocycles. The van der Waals surface area contributed by atoms with Gasteiger partial charge in [0.1, 0.15) is 5.75 Å². The van der Waals surface area contributed by atoms with E-state index in [1.165, 1.54) is 6.42 Å². The Hall–Kier alpha value is -2.42. The van der Waals surface area contributed by atoms with E-state index in [2.05, 4.69) is 4.90 Å². The fourth-order valence-corrected chi connectivity index (χ4v) is 3.31. The lowest BCUT2D eigenvalue weighted by molar-refractivity contribution is -0.134. The third-order valence-corrected chi connectivity index (χ3v) is 4.58. The van der Waals surface area contributed by atoms with Crippen molar-refractivity contribution in [1.29, 1.82) is 0 Å². The molecule has 1 aromatic rings. The van der Waals surface area contributed by atoms with Crippen LogP contribution in [-0.4, -0.2) is 69.0 Å². The molecule has 28 heavy (non-hydrogen) atoms. The first-order valence-corrected chi connectivity index (χ1v) is 8.94. The van der Waals surface area contributed by atoms with E-state index in [0.717, 1.165) is 37.8 Å². The van der Waals surface area contributed by atoms with Crippen LogP contribution in [0.15, 0.2) is 36.4 Å². The lowest BCUT2D eigenvalue weighted by atomic mass is 9.72. The molecule has 1 aliphatic carbocycles. The van der Waals surface area contributed by atoms with E-state index in [4.69, 9.17) is 10.2 Å². The number of nitrogens with zero attached hydrogens (tertiary/aromatic N) is 1. The lowest BCUT2D eigenvalue weighted by Crippen LogP contribution is -2.42. The highest BCUT2D eigenvalue weighted by Crippen LogP contribution is 2.40. The maximum Gasteiger partial charge on any atom is 0.328 e. The van der Waals surface area contributed by atoms with Gasteiger partial charge < -0.3 is 30.8 Å². The maximum absolute atomic E-state index is 11.0. The van der Waals surface area contributed by atoms with Crippen LogP contribution < -0.4 is 0 Å². The highest BCUT2D eigenvalue weighted by molar-refractivity contribution is 5.89. The molecule has 1 fully saturated rings. The Morgan fingerprint density at radius 2 is 1.50 bits per heavy atom. The van der Waals surface area contributed by atoms with Gasteiger partial charge in [0.2, 0.25) is 0 Å². The summed E-state index contributed by atoms with van der Waals surface area (Å²) in [6, 6.07) is 7.31. The number of carboxylic acid groups (broad SMARTS) is 2. The van der Waals surface area contributed by atoms with Gasteiger partial charge in [-0.15, -0.1) is 0 Å². The summed E-state index contributed by atoms with van der Waals surface area (Å²) in [6.07, 6.45) is 6.33. The molecule has 0 amide bonds. The minimum absolute atomic E-state index is 0. The molecule has 0 unspecified atom stereocenters. The average molecular weight is 397 g/mol. The Balaban J connectivity index is 0.000000694. The van der Waals surface area contributed by atoms with Crippen molar-refractivity contribution in [3.05, 3.63) is 42.0 Å². The number of hydrogen-bond donors (Lipinski definition) is 4. The number of carbonyl (C=O) groups is 2. The first-order valence-electron chi connectivity index (χ1n) is 8.94. The fraction of sp³-hybridized carbons (Fsp3) is 0.500. The zero-order valence-corrected chi connectivity index (χ0v) is 16.3. The van der Waals surface area contributed by atoms with Crippen molar-refractivity contribution in [1.82, 2.24) is 4.90 Å². The van der Waals surface area contributed by atoms with Gasteiger partial charge in [-0.25, -0.2) is 9.59 Å². The number of aromatic hydroxyl groups is 1. The molecule has 1 aromatic carbocycles. The third kappa shape index (κ3) is 8.98. The van der Waals surface area contributed by atoms with Crippen LogP contribution in [-0.2, 0) is 9.59 Å². The molecule has 0 spiro atoms. The number of aliphatic carboxylic acids is 2. The predicted molar refractivity (Wildman–Crippen MR) is 105 cm³/mol. The second-order valence-electron chi connectivity index (χ2n) is 7.08. The highest BCUT2D eigenvalue weighted by atomic mass is 16.4. The molecule has 8 heteroatoms. The summed E-state index contributed by atoms with van der Waals surface area (Å²) in [5.74, 6) is -2.12. The third-order valence-electron chi connectivity index (χ3n) is 4.58. The van der Waals surface area contributed by atoms with Crippen molar-refractivity contribution >= 4 is 11.9 Å². The summed E-state index contributed by atoms with van der Waals surface area (Å²) in [5.41, 5.74) is 0.523. The van der Waals surface area contributed by atoms with Gasteiger partial charge in [0.05, 0.1) is 5.60 Å². The SMILES string of the molecule is CN(C)C[C@@H](c1ccc(O)cc1)C1(O)CCCCC1.O.O=C(O)/C=C/C(=O)O. The molecule has 158 valence electrons. The van der Waals surface area contributed by atoms with Crippen LogP contribution in [0.1, 0.15) is 43.6 Å². The van der Waals surface area contributed by atoms with Gasteiger partial charge >= 0.3 is 11.9 Å². The molecule has 0 heterocycles. The lowest BCUT2D eigenvalue weighted by Gasteiger charge is -2.40. The number of benzene rings is 1. The molecule has 8 nitrogen and oxygen atoms in total. The topological polar surface area (TPSA) is 150 Å². The largest absolute Gasteiger partial charge is 0.508 e. The summed E-state index contributed by atoms with van der Waals surface area (Å²) < 4.78 is 0. The Morgan fingerprint density at radius 1 is 1.04 bits per heavy atom. The smallest absolute Gasteiger partial charge is 0.328 e. The van der Waals surface area contributed by atoms with Crippen molar-refractivity contribution in [2.24, 2.45) is 0 Å². The molecule has 2 rings (SSSR count). The number of rotatable bonds is 6. The second-order valence-corrected chi connectivity index (χ2v) is 7.08. The van der Waals surface area contributed by atoms with Gasteiger partial charge in [0.25, 0.3) is 0 Å². The first-order chi connectivity index (χ1) is 12.6. The van der Waals surface area contributed by atoms with Gasteiger partial charge in [0.15, 0.2) is 0 Å². The van der Waals surface area contributed by atoms with Gasteiger partial charge in [-0.2, -0.15) is 0 Å². The molecule has 1 aliphatic rings. The normalized spacial score (nSPS) is 16.6. The predicted octanol–water partition coefficient (Wildman–Crippen LogP) is 1.62. The van der Waals surface area contributed by atoms with Gasteiger partial charge in [-0.05, 0) is 44.6 Å². The number of aliphatic hydroxyl groups is 1. The molecule has 0 aromatic heterocycles. The number of likely N-dealkylation sites (N-methyl/N-ethyl adjacent to an activating group) is 1. The molecule has 0 bridgehead atoms. The Labute approximate surface area is 165 Å². The highest BCUT2D eigenvalue weighted by Gasteiger charge is 2.38. The zero-order valence-electron chi connectivity index (χ0n) is 16.3. The molecule has 6 N–H and O–H groups in total. The standard InChI is InChI=1S/C16H25NO2.C4H4O4.H2O/c1-17(2)12-15(13-6-8-14(18)9-7-13)16(19)10-4-3-5-11-16;5-3(6)1-2-4(7)8;/h6-9,15,18-19H,3-5,10-12H2,1-2H3;1-2H,(H,5,6)(H,7,8);1H2/b;2-1+;/t15-;;/m0../s1. The zero-order chi connectivity index (χ0) is 20.4. The van der Waals surface area contributed by atoms with Crippen LogP contribution in [0.4, 0.5) is 0 Å². The summed E-state index contributed by atoms with van der Waals surface area (Å²) in [4.78, 5) is 21.2. The molecule has 1 atom stereocenters. The van der Waals surface area contributed by atoms with Crippen molar-refractivity contribution < 1.29 is 35.5 Å². The van der Waals surface area contributed by atoms with E-state index < -0.39 is 17.5 Å². The van der Waals surface area contributed by atoms with E-state index in [1.807, 2.05) is 26.2 Å².